The molecule has 2 rings (SSSR count). The monoisotopic (exact) mass is 453 g/mol. The molecule has 7 N–H and O–H groups in total. The first kappa shape index (κ1) is 27.3. The van der Waals surface area contributed by atoms with Crippen LogP contribution in [0.15, 0.2) is 54.6 Å². The van der Waals surface area contributed by atoms with Gasteiger partial charge in [0.25, 0.3) is 11.8 Å². The van der Waals surface area contributed by atoms with Gasteiger partial charge < -0.3 is 21.7 Å². The summed E-state index contributed by atoms with van der Waals surface area (Å²) in [7, 11) is 0. The van der Waals surface area contributed by atoms with Crippen LogP contribution < -0.4 is 27.2 Å². The van der Waals surface area contributed by atoms with E-state index in [-0.39, 0.29) is 26.4 Å². The third-order valence-corrected chi connectivity index (χ3v) is 4.35. The number of hydrogen-bond acceptors (Lipinski definition) is 6. The molecule has 0 aliphatic heterocycles. The molecule has 176 valence electrons. The second-order valence-corrected chi connectivity index (χ2v) is 6.82. The van der Waals surface area contributed by atoms with Gasteiger partial charge in [-0.1, -0.05) is 37.5 Å². The zero-order valence-electron chi connectivity index (χ0n) is 17.6. The predicted octanol–water partition coefficient (Wildman–Crippen LogP) is 0.381. The third kappa shape index (κ3) is 9.97. The van der Waals surface area contributed by atoms with Crippen LogP contribution in [0.4, 0.5) is 0 Å². The first-order chi connectivity index (χ1) is 15.5. The average Bonchev–Trinajstić information content (AvgIpc) is 2.83. The Morgan fingerprint density at radius 1 is 0.970 bits per heavy atom. The Bertz CT molecular complexity index is 952. The fourth-order valence-corrected chi connectivity index (χ4v) is 2.61. The van der Waals surface area contributed by atoms with Crippen LogP contribution in [-0.2, 0) is 9.59 Å². The normalized spacial score (nSPS) is 10.6. The topological polar surface area (TPSA) is 146 Å². The lowest BCUT2D eigenvalue weighted by molar-refractivity contribution is -0.131. The molecule has 9 heteroatoms. The molecule has 0 spiro atoms. The van der Waals surface area contributed by atoms with E-state index in [0.29, 0.717) is 18.7 Å². The van der Waals surface area contributed by atoms with Crippen LogP contribution in [0.1, 0.15) is 35.3 Å². The van der Waals surface area contributed by atoms with Crippen molar-refractivity contribution in [3.05, 3.63) is 71.3 Å². The van der Waals surface area contributed by atoms with Crippen LogP contribution >= 0.6 is 0 Å². The average molecular weight is 454 g/mol. The van der Waals surface area contributed by atoms with E-state index in [1.54, 1.807) is 24.3 Å². The van der Waals surface area contributed by atoms with Crippen molar-refractivity contribution in [3.8, 4) is 11.8 Å². The predicted molar refractivity (Wildman–Crippen MR) is 126 cm³/mol. The van der Waals surface area contributed by atoms with E-state index >= 15 is 0 Å². The molecule has 2 aromatic carbocycles. The van der Waals surface area contributed by atoms with Gasteiger partial charge in [0.2, 0.25) is 5.91 Å². The zero-order valence-corrected chi connectivity index (χ0v) is 17.6. The van der Waals surface area contributed by atoms with Crippen LogP contribution in [0, 0.1) is 11.8 Å². The number of rotatable bonds is 10. The lowest BCUT2D eigenvalue weighted by Gasteiger charge is -2.17. The lowest BCUT2D eigenvalue weighted by Crippen LogP contribution is -2.52. The summed E-state index contributed by atoms with van der Waals surface area (Å²) in [5, 5.41) is 16.9. The summed E-state index contributed by atoms with van der Waals surface area (Å²) >= 11 is 0. The van der Waals surface area contributed by atoms with Crippen molar-refractivity contribution < 1.29 is 19.6 Å². The van der Waals surface area contributed by atoms with Gasteiger partial charge in [-0.05, 0) is 55.9 Å². The molecule has 0 fully saturated rings. The number of hydrogen-bond donors (Lipinski definition) is 6. The van der Waals surface area contributed by atoms with Crippen molar-refractivity contribution >= 4 is 17.7 Å². The first-order valence-electron chi connectivity index (χ1n) is 10.1. The van der Waals surface area contributed by atoms with E-state index in [1.807, 2.05) is 30.3 Å². The maximum absolute atomic E-state index is 12.5. The molecule has 0 unspecified atom stereocenters. The molecule has 2 aromatic rings. The van der Waals surface area contributed by atoms with E-state index in [2.05, 4.69) is 27.8 Å². The van der Waals surface area contributed by atoms with E-state index in [9.17, 15) is 14.4 Å². The number of amides is 3. The summed E-state index contributed by atoms with van der Waals surface area (Å²) < 4.78 is 0. The van der Waals surface area contributed by atoms with Gasteiger partial charge >= 0.3 is 0 Å². The molecule has 3 amide bonds. The molecule has 0 heterocycles. The minimum atomic E-state index is -1.15. The first-order valence-corrected chi connectivity index (χ1v) is 10.1. The molecule has 0 saturated carbocycles. The van der Waals surface area contributed by atoms with Gasteiger partial charge in [0.15, 0.2) is 0 Å². The second-order valence-electron chi connectivity index (χ2n) is 6.82. The summed E-state index contributed by atoms with van der Waals surface area (Å²) in [6.45, 7) is 0.968. The van der Waals surface area contributed by atoms with E-state index in [1.165, 1.54) is 5.48 Å². The molecule has 0 aromatic heterocycles. The molecular formula is C24H31N5O4. The number of nitrogens with one attached hydrogen (secondary N) is 4. The Balaban J connectivity index is 0.00000544. The van der Waals surface area contributed by atoms with Crippen molar-refractivity contribution in [1.82, 2.24) is 21.4 Å². The third-order valence-electron chi connectivity index (χ3n) is 4.35. The van der Waals surface area contributed by atoms with Gasteiger partial charge in [-0.25, -0.2) is 5.48 Å². The van der Waals surface area contributed by atoms with Gasteiger partial charge in [0, 0.05) is 23.2 Å². The summed E-state index contributed by atoms with van der Waals surface area (Å²) in [6, 6.07) is 14.9. The molecular weight excluding hydrogens is 422 g/mol. The van der Waals surface area contributed by atoms with Crippen LogP contribution in [0.3, 0.4) is 0 Å². The van der Waals surface area contributed by atoms with Crippen molar-refractivity contribution in [2.75, 3.05) is 26.2 Å². The minimum Gasteiger partial charge on any atom is -0.352 e. The van der Waals surface area contributed by atoms with Crippen LogP contribution in [0.5, 0.6) is 0 Å². The minimum absolute atomic E-state index is 0. The SMILES string of the molecule is C.NCCCNCC(=O)NC[C@H](NC(=O)c1ccc(C#Cc2ccccc2)cc1)C(=O)NO. The van der Waals surface area contributed by atoms with E-state index < -0.39 is 17.9 Å². The van der Waals surface area contributed by atoms with Crippen molar-refractivity contribution in [1.29, 1.82) is 0 Å². The second kappa shape index (κ2) is 15.2. The van der Waals surface area contributed by atoms with Crippen LogP contribution in [0.2, 0.25) is 0 Å². The maximum atomic E-state index is 12.5. The van der Waals surface area contributed by atoms with Gasteiger partial charge in [0.1, 0.15) is 6.04 Å². The molecule has 0 aliphatic carbocycles. The Morgan fingerprint density at radius 2 is 1.61 bits per heavy atom. The molecule has 1 atom stereocenters. The molecule has 9 nitrogen and oxygen atoms in total. The standard InChI is InChI=1S/C23H27N5O4.CH4/c24-13-4-14-25-16-21(29)26-15-20(23(31)28-32)27-22(30)19-11-9-18(10-12-19)8-7-17-5-2-1-3-6-17;/h1-3,5-6,9-12,20,25,32H,4,13-16,24H2,(H,26,29)(H,27,30)(H,28,31);1H4/t20-;/m0./s1. The zero-order chi connectivity index (χ0) is 23.2. The van der Waals surface area contributed by atoms with Gasteiger partial charge in [-0.2, -0.15) is 0 Å². The molecule has 0 aliphatic rings. The Morgan fingerprint density at radius 3 is 2.21 bits per heavy atom. The molecule has 0 bridgehead atoms. The Labute approximate surface area is 194 Å². The summed E-state index contributed by atoms with van der Waals surface area (Å²) in [6.07, 6.45) is 0.732. The highest BCUT2D eigenvalue weighted by atomic mass is 16.5. The van der Waals surface area contributed by atoms with Crippen LogP contribution in [-0.4, -0.2) is 55.1 Å². The smallest absolute Gasteiger partial charge is 0.267 e. The van der Waals surface area contributed by atoms with Gasteiger partial charge in [-0.3, -0.25) is 19.6 Å². The van der Waals surface area contributed by atoms with Gasteiger partial charge in [0.05, 0.1) is 6.54 Å². The highest BCUT2D eigenvalue weighted by Gasteiger charge is 2.21. The Kier molecular flexibility index (Phi) is 12.5. The molecule has 0 radical (unpaired) electrons. The van der Waals surface area contributed by atoms with Crippen molar-refractivity contribution in [3.63, 3.8) is 0 Å². The summed E-state index contributed by atoms with van der Waals surface area (Å²) in [5.74, 6) is 4.31. The van der Waals surface area contributed by atoms with Gasteiger partial charge in [-0.15, -0.1) is 0 Å². The van der Waals surface area contributed by atoms with E-state index in [4.69, 9.17) is 10.9 Å². The van der Waals surface area contributed by atoms with E-state index in [0.717, 1.165) is 17.5 Å². The van der Waals surface area contributed by atoms with Crippen molar-refractivity contribution in [2.45, 2.75) is 19.9 Å². The fourth-order valence-electron chi connectivity index (χ4n) is 2.61. The fraction of sp³-hybridized carbons (Fsp3) is 0.292. The largest absolute Gasteiger partial charge is 0.352 e. The molecule has 33 heavy (non-hydrogen) atoms. The highest BCUT2D eigenvalue weighted by Crippen LogP contribution is 2.05. The number of nitrogens with two attached hydrogens (primary N) is 1. The number of hydroxylamine groups is 1. The quantitative estimate of drug-likeness (QED) is 0.133. The summed E-state index contributed by atoms with van der Waals surface area (Å²) in [4.78, 5) is 36.3. The number of benzene rings is 2. The molecule has 0 saturated heterocycles. The van der Waals surface area contributed by atoms with Crippen LogP contribution in [0.25, 0.3) is 0 Å². The lowest BCUT2D eigenvalue weighted by atomic mass is 10.1. The maximum Gasteiger partial charge on any atom is 0.267 e. The highest BCUT2D eigenvalue weighted by molar-refractivity contribution is 5.97. The number of carbonyl (C=O) groups excluding carboxylic acids is 3. The Hall–Kier alpha value is -3.71. The summed E-state index contributed by atoms with van der Waals surface area (Å²) in [5.41, 5.74) is 8.78. The number of carbonyl (C=O) groups is 3. The van der Waals surface area contributed by atoms with Crippen molar-refractivity contribution in [2.24, 2.45) is 5.73 Å².